The fourth-order valence-electron chi connectivity index (χ4n) is 2.69. The van der Waals surface area contributed by atoms with Gasteiger partial charge in [-0.2, -0.15) is 5.01 Å². The van der Waals surface area contributed by atoms with E-state index in [1.807, 2.05) is 0 Å². The van der Waals surface area contributed by atoms with Crippen molar-refractivity contribution < 1.29 is 14.4 Å². The van der Waals surface area contributed by atoms with Gasteiger partial charge >= 0.3 is 0 Å². The molecule has 0 aliphatic carbocycles. The number of rotatable bonds is 0. The molecule has 0 saturated carbocycles. The lowest BCUT2D eigenvalue weighted by Gasteiger charge is -2.29. The zero-order valence-corrected chi connectivity index (χ0v) is 14.2. The van der Waals surface area contributed by atoms with Gasteiger partial charge in [-0.1, -0.05) is 11.6 Å². The highest BCUT2D eigenvalue weighted by molar-refractivity contribution is 8.15. The normalized spacial score (nSPS) is 22.4. The molecule has 2 aliphatic heterocycles. The first-order valence-corrected chi connectivity index (χ1v) is 7.91. The molecule has 0 saturated heterocycles. The van der Waals surface area contributed by atoms with E-state index < -0.39 is 10.8 Å². The largest absolute Gasteiger partial charge is 0.312 e. The third-order valence-electron chi connectivity index (χ3n) is 3.59. The zero-order chi connectivity index (χ0) is 16.9. The number of carbonyl (C=O) groups is 3. The average Bonchev–Trinajstić information content (AvgIpc) is 2.93. The summed E-state index contributed by atoms with van der Waals surface area (Å²) in [6.07, 6.45) is 0. The third kappa shape index (κ3) is 2.21. The van der Waals surface area contributed by atoms with Crippen LogP contribution in [0.1, 0.15) is 19.4 Å². The molecule has 0 radical (unpaired) electrons. The van der Waals surface area contributed by atoms with E-state index in [1.165, 1.54) is 18.7 Å². The monoisotopic (exact) mass is 352 g/mol. The maximum Gasteiger partial charge on any atom is 0.270 e. The SMILES string of the molecule is CC(=O)NC1=NN(C(C)=O)[C@]2(S1)C(=O)N(C)c1ccc(Cl)cc12. The van der Waals surface area contributed by atoms with Crippen LogP contribution in [0, 0.1) is 0 Å². The summed E-state index contributed by atoms with van der Waals surface area (Å²) in [5.41, 5.74) is 1.22. The van der Waals surface area contributed by atoms with Gasteiger partial charge in [-0.25, -0.2) is 0 Å². The lowest BCUT2D eigenvalue weighted by molar-refractivity contribution is -0.139. The van der Waals surface area contributed by atoms with E-state index in [2.05, 4.69) is 10.4 Å². The Bertz CT molecular complexity index is 781. The molecule has 1 aromatic carbocycles. The van der Waals surface area contributed by atoms with Gasteiger partial charge in [0.1, 0.15) is 0 Å². The lowest BCUT2D eigenvalue weighted by atomic mass is 10.1. The Labute approximate surface area is 141 Å². The zero-order valence-electron chi connectivity index (χ0n) is 12.6. The van der Waals surface area contributed by atoms with Crippen molar-refractivity contribution >= 4 is 51.9 Å². The molecule has 2 aliphatic rings. The van der Waals surface area contributed by atoms with Crippen LogP contribution in [0.4, 0.5) is 5.69 Å². The fourth-order valence-corrected chi connectivity index (χ4v) is 4.21. The number of nitrogens with one attached hydrogen (secondary N) is 1. The van der Waals surface area contributed by atoms with Crippen LogP contribution in [0.5, 0.6) is 0 Å². The van der Waals surface area contributed by atoms with Gasteiger partial charge in [-0.05, 0) is 30.0 Å². The van der Waals surface area contributed by atoms with Crippen LogP contribution in [0.3, 0.4) is 0 Å². The third-order valence-corrected chi connectivity index (χ3v) is 5.07. The van der Waals surface area contributed by atoms with Crippen LogP contribution >= 0.6 is 23.4 Å². The topological polar surface area (TPSA) is 82.1 Å². The van der Waals surface area contributed by atoms with Crippen molar-refractivity contribution in [2.24, 2.45) is 5.10 Å². The van der Waals surface area contributed by atoms with E-state index in [1.54, 1.807) is 25.2 Å². The lowest BCUT2D eigenvalue weighted by Crippen LogP contribution is -2.47. The first-order chi connectivity index (χ1) is 10.8. The summed E-state index contributed by atoms with van der Waals surface area (Å²) in [7, 11) is 1.62. The predicted octanol–water partition coefficient (Wildman–Crippen LogP) is 1.47. The van der Waals surface area contributed by atoms with Crippen LogP contribution in [-0.2, 0) is 19.3 Å². The molecule has 2 heterocycles. The molecule has 1 atom stereocenters. The molecule has 9 heteroatoms. The van der Waals surface area contributed by atoms with Gasteiger partial charge in [-0.3, -0.25) is 14.4 Å². The summed E-state index contributed by atoms with van der Waals surface area (Å²) >= 11 is 7.10. The average molecular weight is 353 g/mol. The minimum absolute atomic E-state index is 0.197. The van der Waals surface area contributed by atoms with Crippen molar-refractivity contribution in [3.63, 3.8) is 0 Å². The molecular weight excluding hydrogens is 340 g/mol. The van der Waals surface area contributed by atoms with Crippen molar-refractivity contribution in [2.45, 2.75) is 18.7 Å². The second-order valence-electron chi connectivity index (χ2n) is 5.19. The molecule has 1 aromatic rings. The Morgan fingerprint density at radius 1 is 1.35 bits per heavy atom. The molecule has 120 valence electrons. The van der Waals surface area contributed by atoms with Crippen molar-refractivity contribution in [3.8, 4) is 0 Å². The highest BCUT2D eigenvalue weighted by Gasteiger charge is 2.60. The summed E-state index contributed by atoms with van der Waals surface area (Å²) in [6, 6.07) is 5.05. The molecule has 0 unspecified atom stereocenters. The Balaban J connectivity index is 2.18. The number of anilines is 1. The summed E-state index contributed by atoms with van der Waals surface area (Å²) in [4.78, 5) is 36.4. The number of likely N-dealkylation sites (N-methyl/N-ethyl adjacent to an activating group) is 1. The first kappa shape index (κ1) is 15.8. The summed E-state index contributed by atoms with van der Waals surface area (Å²) in [5.74, 6) is -1.06. The van der Waals surface area contributed by atoms with Gasteiger partial charge in [0.2, 0.25) is 16.7 Å². The Morgan fingerprint density at radius 3 is 2.65 bits per heavy atom. The van der Waals surface area contributed by atoms with Gasteiger partial charge in [0.25, 0.3) is 5.91 Å². The molecule has 3 rings (SSSR count). The Kier molecular flexibility index (Phi) is 3.61. The Hall–Kier alpha value is -2.06. The van der Waals surface area contributed by atoms with Gasteiger partial charge < -0.3 is 10.2 Å². The quantitative estimate of drug-likeness (QED) is 0.766. The predicted molar refractivity (Wildman–Crippen MR) is 87.9 cm³/mol. The van der Waals surface area contributed by atoms with Crippen LogP contribution < -0.4 is 10.2 Å². The number of nitrogens with zero attached hydrogens (tertiary/aromatic N) is 3. The standard InChI is InChI=1S/C14H13ClN4O3S/c1-7(20)16-13-17-19(8(2)21)14(23-13)10-6-9(15)4-5-11(10)18(3)12(14)22/h4-6H,1-3H3,(H,16,17,20)/t14-/m1/s1. The highest BCUT2D eigenvalue weighted by atomic mass is 35.5. The molecule has 3 amide bonds. The van der Waals surface area contributed by atoms with E-state index in [0.717, 1.165) is 16.8 Å². The van der Waals surface area contributed by atoms with Crippen molar-refractivity contribution in [1.29, 1.82) is 0 Å². The van der Waals surface area contributed by atoms with Crippen LogP contribution in [0.2, 0.25) is 5.02 Å². The number of amides is 3. The second kappa shape index (κ2) is 5.24. The van der Waals surface area contributed by atoms with E-state index in [-0.39, 0.29) is 17.0 Å². The summed E-state index contributed by atoms with van der Waals surface area (Å²) in [6.45, 7) is 2.65. The van der Waals surface area contributed by atoms with E-state index >= 15 is 0 Å². The molecular formula is C14H13ClN4O3S. The minimum atomic E-state index is -1.38. The van der Waals surface area contributed by atoms with E-state index in [9.17, 15) is 14.4 Å². The number of fused-ring (bicyclic) bond motifs is 2. The molecule has 0 aromatic heterocycles. The van der Waals surface area contributed by atoms with Gasteiger partial charge in [0, 0.05) is 31.5 Å². The summed E-state index contributed by atoms with van der Waals surface area (Å²) < 4.78 is 0. The molecule has 1 N–H and O–H groups in total. The van der Waals surface area contributed by atoms with Gasteiger partial charge in [0.05, 0.1) is 5.69 Å². The number of amidine groups is 1. The van der Waals surface area contributed by atoms with Crippen LogP contribution in [0.15, 0.2) is 23.3 Å². The summed E-state index contributed by atoms with van der Waals surface area (Å²) in [5, 5.41) is 8.40. The molecule has 1 spiro atoms. The molecule has 0 bridgehead atoms. The first-order valence-electron chi connectivity index (χ1n) is 6.71. The van der Waals surface area contributed by atoms with E-state index in [0.29, 0.717) is 16.3 Å². The number of hydrogen-bond donors (Lipinski definition) is 1. The second-order valence-corrected chi connectivity index (χ2v) is 6.81. The number of thioether (sulfide) groups is 1. The smallest absolute Gasteiger partial charge is 0.270 e. The maximum absolute atomic E-state index is 12.9. The van der Waals surface area contributed by atoms with Crippen LogP contribution in [0.25, 0.3) is 0 Å². The van der Waals surface area contributed by atoms with Crippen molar-refractivity contribution in [3.05, 3.63) is 28.8 Å². The molecule has 0 fully saturated rings. The fraction of sp³-hybridized carbons (Fsp3) is 0.286. The number of hydrazone groups is 1. The number of benzene rings is 1. The maximum atomic E-state index is 12.9. The Morgan fingerprint density at radius 2 is 2.04 bits per heavy atom. The minimum Gasteiger partial charge on any atom is -0.312 e. The van der Waals surface area contributed by atoms with Gasteiger partial charge in [-0.15, -0.1) is 5.10 Å². The van der Waals surface area contributed by atoms with Crippen molar-refractivity contribution in [1.82, 2.24) is 10.3 Å². The van der Waals surface area contributed by atoms with Crippen LogP contribution in [-0.4, -0.2) is 34.9 Å². The number of halogens is 1. The number of carbonyl (C=O) groups excluding carboxylic acids is 3. The number of hydrogen-bond acceptors (Lipinski definition) is 5. The van der Waals surface area contributed by atoms with Crippen molar-refractivity contribution in [2.75, 3.05) is 11.9 Å². The highest BCUT2D eigenvalue weighted by Crippen LogP contribution is 2.54. The van der Waals surface area contributed by atoms with E-state index in [4.69, 9.17) is 11.6 Å². The molecule has 7 nitrogen and oxygen atoms in total. The van der Waals surface area contributed by atoms with Gasteiger partial charge in [0.15, 0.2) is 5.17 Å². The molecule has 23 heavy (non-hydrogen) atoms.